The van der Waals surface area contributed by atoms with Crippen LogP contribution in [0.3, 0.4) is 0 Å². The average molecular weight is 334 g/mol. The van der Waals surface area contributed by atoms with Crippen LogP contribution in [0.4, 0.5) is 5.82 Å². The van der Waals surface area contributed by atoms with Crippen molar-refractivity contribution in [1.29, 1.82) is 0 Å². The van der Waals surface area contributed by atoms with Crippen LogP contribution >= 0.6 is 15.9 Å². The van der Waals surface area contributed by atoms with Gasteiger partial charge in [-0.25, -0.2) is 4.98 Å². The molecule has 0 aliphatic carbocycles. The number of nitrogens with two attached hydrogens (primary N) is 1. The fourth-order valence-corrected chi connectivity index (χ4v) is 2.90. The molecule has 0 aliphatic rings. The molecule has 1 aromatic carbocycles. The lowest BCUT2D eigenvalue weighted by atomic mass is 9.96. The molecule has 3 N–H and O–H groups in total. The summed E-state index contributed by atoms with van der Waals surface area (Å²) in [6.45, 7) is 5.08. The summed E-state index contributed by atoms with van der Waals surface area (Å²) in [5, 5.41) is 3.52. The van der Waals surface area contributed by atoms with Crippen molar-refractivity contribution in [2.75, 3.05) is 12.3 Å². The summed E-state index contributed by atoms with van der Waals surface area (Å²) in [6.07, 6.45) is 2.64. The maximum atomic E-state index is 6.08. The first kappa shape index (κ1) is 15.0. The third-order valence-corrected chi connectivity index (χ3v) is 4.19. The number of aromatic nitrogens is 1. The number of hydrogen-bond donors (Lipinski definition) is 2. The van der Waals surface area contributed by atoms with Crippen LogP contribution in [0, 0.1) is 6.92 Å². The van der Waals surface area contributed by atoms with Crippen LogP contribution in [0.5, 0.6) is 0 Å². The van der Waals surface area contributed by atoms with Gasteiger partial charge in [0.15, 0.2) is 0 Å². The van der Waals surface area contributed by atoms with Crippen molar-refractivity contribution in [1.82, 2.24) is 10.3 Å². The fourth-order valence-electron chi connectivity index (χ4n) is 2.45. The molecule has 0 spiro atoms. The SMILES string of the molecule is CCNC(Cc1ccccc1Br)c1c(C)ccnc1N. The number of halogens is 1. The lowest BCUT2D eigenvalue weighted by molar-refractivity contribution is 0.547. The van der Waals surface area contributed by atoms with Gasteiger partial charge in [-0.15, -0.1) is 0 Å². The number of benzene rings is 1. The maximum Gasteiger partial charge on any atom is 0.128 e. The Morgan fingerprint density at radius 1 is 1.30 bits per heavy atom. The van der Waals surface area contributed by atoms with E-state index in [0.29, 0.717) is 5.82 Å². The molecule has 1 aromatic heterocycles. The quantitative estimate of drug-likeness (QED) is 0.878. The van der Waals surface area contributed by atoms with Crippen molar-refractivity contribution in [3.63, 3.8) is 0 Å². The second-order valence-corrected chi connectivity index (χ2v) is 5.69. The van der Waals surface area contributed by atoms with E-state index in [-0.39, 0.29) is 6.04 Å². The minimum atomic E-state index is 0.174. The molecule has 1 unspecified atom stereocenters. The Kier molecular flexibility index (Phi) is 5.15. The number of likely N-dealkylation sites (N-methyl/N-ethyl adjacent to an activating group) is 1. The first-order valence-corrected chi connectivity index (χ1v) is 7.60. The number of pyridine rings is 1. The Bertz CT molecular complexity index is 563. The zero-order valence-electron chi connectivity index (χ0n) is 11.9. The van der Waals surface area contributed by atoms with E-state index in [2.05, 4.69) is 58.3 Å². The molecule has 0 saturated heterocycles. The molecule has 106 valence electrons. The summed E-state index contributed by atoms with van der Waals surface area (Å²) in [5.41, 5.74) is 9.62. The highest BCUT2D eigenvalue weighted by atomic mass is 79.9. The zero-order valence-corrected chi connectivity index (χ0v) is 13.4. The van der Waals surface area contributed by atoms with E-state index in [9.17, 15) is 0 Å². The molecule has 1 heterocycles. The van der Waals surface area contributed by atoms with Crippen molar-refractivity contribution >= 4 is 21.7 Å². The molecule has 20 heavy (non-hydrogen) atoms. The monoisotopic (exact) mass is 333 g/mol. The topological polar surface area (TPSA) is 50.9 Å². The van der Waals surface area contributed by atoms with Crippen LogP contribution in [0.25, 0.3) is 0 Å². The van der Waals surface area contributed by atoms with E-state index in [0.717, 1.165) is 23.0 Å². The Balaban J connectivity index is 2.35. The summed E-state index contributed by atoms with van der Waals surface area (Å²) in [6, 6.07) is 10.5. The van der Waals surface area contributed by atoms with Gasteiger partial charge < -0.3 is 11.1 Å². The van der Waals surface area contributed by atoms with E-state index >= 15 is 0 Å². The van der Waals surface area contributed by atoms with Crippen molar-refractivity contribution in [3.05, 3.63) is 57.7 Å². The average Bonchev–Trinajstić information content (AvgIpc) is 2.41. The highest BCUT2D eigenvalue weighted by Gasteiger charge is 2.18. The zero-order chi connectivity index (χ0) is 14.5. The third-order valence-electron chi connectivity index (χ3n) is 3.42. The predicted octanol–water partition coefficient (Wildman–Crippen LogP) is 3.63. The molecular weight excluding hydrogens is 314 g/mol. The Labute approximate surface area is 128 Å². The standard InChI is InChI=1S/C16H20BrN3/c1-3-19-14(10-12-6-4-5-7-13(12)17)15-11(2)8-9-20-16(15)18/h4-9,14,19H,3,10H2,1-2H3,(H2,18,20). The smallest absolute Gasteiger partial charge is 0.128 e. The molecule has 4 heteroatoms. The summed E-state index contributed by atoms with van der Waals surface area (Å²) >= 11 is 3.61. The molecule has 0 saturated carbocycles. The summed E-state index contributed by atoms with van der Waals surface area (Å²) in [5.74, 6) is 0.614. The Morgan fingerprint density at radius 2 is 2.05 bits per heavy atom. The number of nitrogens with one attached hydrogen (secondary N) is 1. The molecule has 0 fully saturated rings. The number of hydrogen-bond acceptors (Lipinski definition) is 3. The number of nitrogen functional groups attached to an aromatic ring is 1. The Morgan fingerprint density at radius 3 is 2.70 bits per heavy atom. The van der Waals surface area contributed by atoms with Gasteiger partial charge in [0.2, 0.25) is 0 Å². The van der Waals surface area contributed by atoms with E-state index in [1.165, 1.54) is 11.1 Å². The first-order chi connectivity index (χ1) is 9.63. The van der Waals surface area contributed by atoms with Crippen LogP contribution in [0.1, 0.15) is 29.7 Å². The van der Waals surface area contributed by atoms with Crippen molar-refractivity contribution in [2.24, 2.45) is 0 Å². The fraction of sp³-hybridized carbons (Fsp3) is 0.312. The number of aryl methyl sites for hydroxylation is 1. The largest absolute Gasteiger partial charge is 0.383 e. The van der Waals surface area contributed by atoms with E-state index in [1.807, 2.05) is 12.1 Å². The van der Waals surface area contributed by atoms with Crippen LogP contribution in [-0.4, -0.2) is 11.5 Å². The molecule has 0 aliphatic heterocycles. The van der Waals surface area contributed by atoms with Crippen LogP contribution in [0.2, 0.25) is 0 Å². The van der Waals surface area contributed by atoms with Crippen LogP contribution in [0.15, 0.2) is 41.0 Å². The number of anilines is 1. The van der Waals surface area contributed by atoms with Gasteiger partial charge in [-0.1, -0.05) is 41.1 Å². The maximum absolute atomic E-state index is 6.08. The molecular formula is C16H20BrN3. The lowest BCUT2D eigenvalue weighted by Gasteiger charge is -2.22. The van der Waals surface area contributed by atoms with Crippen molar-refractivity contribution < 1.29 is 0 Å². The van der Waals surface area contributed by atoms with Gasteiger partial charge >= 0.3 is 0 Å². The third kappa shape index (κ3) is 3.38. The first-order valence-electron chi connectivity index (χ1n) is 6.81. The Hall–Kier alpha value is -1.39. The second kappa shape index (κ2) is 6.86. The van der Waals surface area contributed by atoms with Gasteiger partial charge in [-0.2, -0.15) is 0 Å². The van der Waals surface area contributed by atoms with E-state index < -0.39 is 0 Å². The lowest BCUT2D eigenvalue weighted by Crippen LogP contribution is -2.25. The summed E-state index contributed by atoms with van der Waals surface area (Å²) < 4.78 is 1.13. The molecule has 2 aromatic rings. The van der Waals surface area contributed by atoms with Crippen molar-refractivity contribution in [3.8, 4) is 0 Å². The molecule has 0 radical (unpaired) electrons. The minimum absolute atomic E-state index is 0.174. The van der Waals surface area contributed by atoms with Crippen LogP contribution in [-0.2, 0) is 6.42 Å². The van der Waals surface area contributed by atoms with E-state index in [1.54, 1.807) is 6.20 Å². The van der Waals surface area contributed by atoms with Gasteiger partial charge in [0.05, 0.1) is 0 Å². The highest BCUT2D eigenvalue weighted by Crippen LogP contribution is 2.28. The van der Waals surface area contributed by atoms with Gasteiger partial charge in [0.1, 0.15) is 5.82 Å². The molecule has 0 bridgehead atoms. The number of rotatable bonds is 5. The molecule has 1 atom stereocenters. The highest BCUT2D eigenvalue weighted by molar-refractivity contribution is 9.10. The second-order valence-electron chi connectivity index (χ2n) is 4.83. The van der Waals surface area contributed by atoms with Gasteiger partial charge in [0.25, 0.3) is 0 Å². The normalized spacial score (nSPS) is 12.3. The molecule has 2 rings (SSSR count). The van der Waals surface area contributed by atoms with Gasteiger partial charge in [0, 0.05) is 22.3 Å². The van der Waals surface area contributed by atoms with Crippen LogP contribution < -0.4 is 11.1 Å². The van der Waals surface area contributed by atoms with Crippen molar-refractivity contribution in [2.45, 2.75) is 26.3 Å². The molecule has 0 amide bonds. The summed E-state index contributed by atoms with van der Waals surface area (Å²) in [7, 11) is 0. The molecule has 3 nitrogen and oxygen atoms in total. The summed E-state index contributed by atoms with van der Waals surface area (Å²) in [4.78, 5) is 4.23. The van der Waals surface area contributed by atoms with E-state index in [4.69, 9.17) is 5.73 Å². The minimum Gasteiger partial charge on any atom is -0.383 e. The predicted molar refractivity (Wildman–Crippen MR) is 87.7 cm³/mol. The van der Waals surface area contributed by atoms with Gasteiger partial charge in [-0.05, 0) is 43.1 Å². The number of nitrogens with zero attached hydrogens (tertiary/aromatic N) is 1. The van der Waals surface area contributed by atoms with Gasteiger partial charge in [-0.3, -0.25) is 0 Å².